The lowest BCUT2D eigenvalue weighted by atomic mass is 10.1. The summed E-state index contributed by atoms with van der Waals surface area (Å²) >= 11 is 5.92. The fraction of sp³-hybridized carbons (Fsp3) is 0.300. The van der Waals surface area contributed by atoms with Crippen LogP contribution in [0.1, 0.15) is 5.56 Å². The summed E-state index contributed by atoms with van der Waals surface area (Å²) in [4.78, 5) is 10.9. The van der Waals surface area contributed by atoms with E-state index in [0.29, 0.717) is 11.4 Å². The third-order valence-corrected chi connectivity index (χ3v) is 2.33. The van der Waals surface area contributed by atoms with Crippen molar-refractivity contribution in [1.82, 2.24) is 0 Å². The standard InChI is InChI=1S/C10H12ClNO2/c1-14-9(10(12)13)6-7-4-2-3-5-8(7)11/h2-5,9H,6H2,1H3,(H2,12,13). The first-order valence-corrected chi connectivity index (χ1v) is 4.58. The van der Waals surface area contributed by atoms with Crippen LogP contribution in [0.4, 0.5) is 0 Å². The molecule has 1 aromatic carbocycles. The number of ether oxygens (including phenoxy) is 1. The molecule has 1 rings (SSSR count). The van der Waals surface area contributed by atoms with E-state index in [1.165, 1.54) is 7.11 Å². The zero-order valence-electron chi connectivity index (χ0n) is 7.87. The van der Waals surface area contributed by atoms with Crippen LogP contribution in [0, 0.1) is 0 Å². The summed E-state index contributed by atoms with van der Waals surface area (Å²) in [6.07, 6.45) is -0.208. The molecule has 0 saturated heterocycles. The maximum Gasteiger partial charge on any atom is 0.246 e. The second-order valence-electron chi connectivity index (χ2n) is 2.92. The quantitative estimate of drug-likeness (QED) is 0.822. The Bertz CT molecular complexity index is 328. The molecule has 0 saturated carbocycles. The molecule has 0 spiro atoms. The van der Waals surface area contributed by atoms with E-state index in [2.05, 4.69) is 0 Å². The molecule has 0 heterocycles. The monoisotopic (exact) mass is 213 g/mol. The van der Waals surface area contributed by atoms with Crippen LogP contribution in [0.25, 0.3) is 0 Å². The molecule has 0 fully saturated rings. The van der Waals surface area contributed by atoms with Gasteiger partial charge in [-0.15, -0.1) is 0 Å². The van der Waals surface area contributed by atoms with E-state index in [9.17, 15) is 4.79 Å². The minimum Gasteiger partial charge on any atom is -0.371 e. The summed E-state index contributed by atoms with van der Waals surface area (Å²) in [5.41, 5.74) is 6.00. The molecule has 0 aliphatic rings. The van der Waals surface area contributed by atoms with Crippen molar-refractivity contribution in [3.8, 4) is 0 Å². The molecule has 14 heavy (non-hydrogen) atoms. The van der Waals surface area contributed by atoms with E-state index < -0.39 is 12.0 Å². The maximum atomic E-state index is 10.9. The van der Waals surface area contributed by atoms with Gasteiger partial charge in [0, 0.05) is 18.6 Å². The summed E-state index contributed by atoms with van der Waals surface area (Å²) in [6, 6.07) is 7.30. The van der Waals surface area contributed by atoms with Gasteiger partial charge in [0.15, 0.2) is 0 Å². The lowest BCUT2D eigenvalue weighted by Gasteiger charge is -2.11. The van der Waals surface area contributed by atoms with Crippen molar-refractivity contribution in [2.24, 2.45) is 5.73 Å². The van der Waals surface area contributed by atoms with Crippen molar-refractivity contribution >= 4 is 17.5 Å². The number of carbonyl (C=O) groups is 1. The number of nitrogens with two attached hydrogens (primary N) is 1. The normalized spacial score (nSPS) is 12.4. The van der Waals surface area contributed by atoms with Crippen LogP contribution < -0.4 is 5.73 Å². The molecule has 1 amide bonds. The molecule has 76 valence electrons. The number of primary amides is 1. The van der Waals surface area contributed by atoms with E-state index >= 15 is 0 Å². The third kappa shape index (κ3) is 2.72. The Morgan fingerprint density at radius 3 is 2.71 bits per heavy atom. The molecule has 0 aliphatic heterocycles. The number of amides is 1. The summed E-state index contributed by atoms with van der Waals surface area (Å²) in [5, 5.41) is 0.621. The first kappa shape index (κ1) is 11.0. The summed E-state index contributed by atoms with van der Waals surface area (Å²) in [6.45, 7) is 0. The fourth-order valence-electron chi connectivity index (χ4n) is 1.16. The zero-order chi connectivity index (χ0) is 10.6. The van der Waals surface area contributed by atoms with Crippen LogP contribution >= 0.6 is 11.6 Å². The second kappa shape index (κ2) is 4.98. The van der Waals surface area contributed by atoms with Gasteiger partial charge in [0.05, 0.1) is 0 Å². The number of rotatable bonds is 4. The first-order chi connectivity index (χ1) is 6.65. The predicted molar refractivity (Wildman–Crippen MR) is 55.1 cm³/mol. The SMILES string of the molecule is COC(Cc1ccccc1Cl)C(N)=O. The van der Waals surface area contributed by atoms with Crippen molar-refractivity contribution in [2.45, 2.75) is 12.5 Å². The molecule has 0 bridgehead atoms. The lowest BCUT2D eigenvalue weighted by molar-refractivity contribution is -0.127. The Morgan fingerprint density at radius 1 is 1.57 bits per heavy atom. The van der Waals surface area contributed by atoms with Gasteiger partial charge in [-0.05, 0) is 11.6 Å². The highest BCUT2D eigenvalue weighted by atomic mass is 35.5. The molecule has 0 radical (unpaired) electrons. The van der Waals surface area contributed by atoms with Crippen molar-refractivity contribution in [3.63, 3.8) is 0 Å². The highest BCUT2D eigenvalue weighted by Gasteiger charge is 2.15. The van der Waals surface area contributed by atoms with E-state index in [1.807, 2.05) is 18.2 Å². The number of hydrogen-bond acceptors (Lipinski definition) is 2. The summed E-state index contributed by atoms with van der Waals surface area (Å²) in [5.74, 6) is -0.479. The largest absolute Gasteiger partial charge is 0.371 e. The molecule has 0 aromatic heterocycles. The number of hydrogen-bond donors (Lipinski definition) is 1. The second-order valence-corrected chi connectivity index (χ2v) is 3.33. The third-order valence-electron chi connectivity index (χ3n) is 1.97. The average Bonchev–Trinajstić information content (AvgIpc) is 2.16. The maximum absolute atomic E-state index is 10.9. The Morgan fingerprint density at radius 2 is 2.21 bits per heavy atom. The van der Waals surface area contributed by atoms with Gasteiger partial charge in [0.2, 0.25) is 5.91 Å². The Hall–Kier alpha value is -1.06. The molecule has 1 unspecified atom stereocenters. The van der Waals surface area contributed by atoms with Crippen LogP contribution in [0.2, 0.25) is 5.02 Å². The van der Waals surface area contributed by atoms with E-state index in [-0.39, 0.29) is 0 Å². The minimum absolute atomic E-state index is 0.408. The number of halogens is 1. The molecular weight excluding hydrogens is 202 g/mol. The number of benzene rings is 1. The number of methoxy groups -OCH3 is 1. The van der Waals surface area contributed by atoms with Gasteiger partial charge in [-0.3, -0.25) is 4.79 Å². The van der Waals surface area contributed by atoms with Gasteiger partial charge in [-0.25, -0.2) is 0 Å². The molecule has 4 heteroatoms. The lowest BCUT2D eigenvalue weighted by Crippen LogP contribution is -2.32. The van der Waals surface area contributed by atoms with Crippen molar-refractivity contribution in [3.05, 3.63) is 34.9 Å². The topological polar surface area (TPSA) is 52.3 Å². The molecule has 1 atom stereocenters. The van der Waals surface area contributed by atoms with Crippen molar-refractivity contribution < 1.29 is 9.53 Å². The average molecular weight is 214 g/mol. The van der Waals surface area contributed by atoms with Crippen LogP contribution in [0.3, 0.4) is 0 Å². The molecule has 3 nitrogen and oxygen atoms in total. The van der Waals surface area contributed by atoms with Gasteiger partial charge < -0.3 is 10.5 Å². The highest BCUT2D eigenvalue weighted by Crippen LogP contribution is 2.17. The van der Waals surface area contributed by atoms with Gasteiger partial charge >= 0.3 is 0 Å². The minimum atomic E-state index is -0.616. The zero-order valence-corrected chi connectivity index (χ0v) is 8.62. The Labute approximate surface area is 87.8 Å². The Kier molecular flexibility index (Phi) is 3.92. The molecule has 2 N–H and O–H groups in total. The van der Waals surface area contributed by atoms with Gasteiger partial charge in [-0.2, -0.15) is 0 Å². The van der Waals surface area contributed by atoms with Gasteiger partial charge in [0.25, 0.3) is 0 Å². The van der Waals surface area contributed by atoms with Crippen molar-refractivity contribution in [2.75, 3.05) is 7.11 Å². The van der Waals surface area contributed by atoms with Gasteiger partial charge in [0.1, 0.15) is 6.10 Å². The first-order valence-electron chi connectivity index (χ1n) is 4.20. The van der Waals surface area contributed by atoms with E-state index in [0.717, 1.165) is 5.56 Å². The van der Waals surface area contributed by atoms with Crippen LogP contribution in [-0.4, -0.2) is 19.1 Å². The van der Waals surface area contributed by atoms with Crippen LogP contribution in [-0.2, 0) is 16.0 Å². The summed E-state index contributed by atoms with van der Waals surface area (Å²) < 4.78 is 4.94. The molecular formula is C10H12ClNO2. The smallest absolute Gasteiger partial charge is 0.246 e. The summed E-state index contributed by atoms with van der Waals surface area (Å²) in [7, 11) is 1.45. The fourth-order valence-corrected chi connectivity index (χ4v) is 1.38. The Balaban J connectivity index is 2.77. The highest BCUT2D eigenvalue weighted by molar-refractivity contribution is 6.31. The predicted octanol–water partition coefficient (Wildman–Crippen LogP) is 1.38. The van der Waals surface area contributed by atoms with Crippen molar-refractivity contribution in [1.29, 1.82) is 0 Å². The molecule has 0 aliphatic carbocycles. The molecule has 1 aromatic rings. The van der Waals surface area contributed by atoms with Gasteiger partial charge in [-0.1, -0.05) is 29.8 Å². The van der Waals surface area contributed by atoms with E-state index in [4.69, 9.17) is 22.1 Å². The van der Waals surface area contributed by atoms with Crippen LogP contribution in [0.15, 0.2) is 24.3 Å². The van der Waals surface area contributed by atoms with Crippen LogP contribution in [0.5, 0.6) is 0 Å². The number of carbonyl (C=O) groups excluding carboxylic acids is 1. The van der Waals surface area contributed by atoms with E-state index in [1.54, 1.807) is 6.07 Å².